The molecule has 0 saturated carbocycles. The van der Waals surface area contributed by atoms with Crippen LogP contribution in [-0.2, 0) is 21.4 Å². The molecule has 0 radical (unpaired) electrons. The number of anilines is 1. The van der Waals surface area contributed by atoms with Gasteiger partial charge in [-0.1, -0.05) is 30.3 Å². The predicted molar refractivity (Wildman–Crippen MR) is 113 cm³/mol. The van der Waals surface area contributed by atoms with E-state index in [1.807, 2.05) is 30.3 Å². The lowest BCUT2D eigenvalue weighted by molar-refractivity contribution is -0.883. The molecule has 2 aromatic carbocycles. The molecule has 0 aromatic heterocycles. The van der Waals surface area contributed by atoms with Crippen molar-refractivity contribution in [2.45, 2.75) is 6.61 Å². The minimum absolute atomic E-state index is 0.174. The number of sulfonamides is 1. The Kier molecular flexibility index (Phi) is 6.76. The summed E-state index contributed by atoms with van der Waals surface area (Å²) in [5.41, 5.74) is 1.50. The van der Waals surface area contributed by atoms with E-state index in [2.05, 4.69) is 7.05 Å². The van der Waals surface area contributed by atoms with Gasteiger partial charge in [-0.15, -0.1) is 0 Å². The summed E-state index contributed by atoms with van der Waals surface area (Å²) < 4.78 is 31.5. The zero-order valence-corrected chi connectivity index (χ0v) is 17.7. The lowest BCUT2D eigenvalue weighted by atomic mass is 10.2. The van der Waals surface area contributed by atoms with Crippen LogP contribution in [0.4, 0.5) is 5.69 Å². The molecule has 2 aromatic rings. The number of carbonyl (C=O) groups excluding carboxylic acids is 1. The highest BCUT2D eigenvalue weighted by Gasteiger charge is 2.26. The smallest absolute Gasteiger partial charge is 0.243 e. The van der Waals surface area contributed by atoms with Gasteiger partial charge < -0.3 is 14.5 Å². The van der Waals surface area contributed by atoms with Crippen LogP contribution in [0, 0.1) is 0 Å². The van der Waals surface area contributed by atoms with Gasteiger partial charge in [0.2, 0.25) is 15.9 Å². The van der Waals surface area contributed by atoms with Crippen LogP contribution < -0.4 is 13.9 Å². The van der Waals surface area contributed by atoms with Crippen molar-refractivity contribution in [3.05, 3.63) is 60.2 Å². The topological polar surface area (TPSA) is 71.4 Å². The second-order valence-electron chi connectivity index (χ2n) is 7.38. The molecule has 0 unspecified atom stereocenters. The fourth-order valence-corrected chi connectivity index (χ4v) is 4.06. The van der Waals surface area contributed by atoms with Crippen molar-refractivity contribution >= 4 is 21.6 Å². The molecule has 29 heavy (non-hydrogen) atoms. The van der Waals surface area contributed by atoms with Gasteiger partial charge in [-0.25, -0.2) is 8.42 Å². The van der Waals surface area contributed by atoms with E-state index < -0.39 is 10.0 Å². The Morgan fingerprint density at radius 3 is 2.28 bits per heavy atom. The maximum atomic E-state index is 12.6. The zero-order valence-electron chi connectivity index (χ0n) is 16.9. The third-order valence-electron chi connectivity index (χ3n) is 5.02. The van der Waals surface area contributed by atoms with Gasteiger partial charge in [0, 0.05) is 0 Å². The molecular weight excluding hydrogens is 390 g/mol. The Balaban J connectivity index is 1.66. The first-order valence-electron chi connectivity index (χ1n) is 9.66. The van der Waals surface area contributed by atoms with Crippen LogP contribution in [0.3, 0.4) is 0 Å². The normalized spacial score (nSPS) is 15.2. The lowest BCUT2D eigenvalue weighted by Gasteiger charge is -2.32. The first kappa shape index (κ1) is 21.1. The molecule has 1 N–H and O–H groups in total. The number of ether oxygens (including phenoxy) is 1. The van der Waals surface area contributed by atoms with E-state index in [4.69, 9.17) is 4.74 Å². The van der Waals surface area contributed by atoms with Gasteiger partial charge in [0.05, 0.1) is 45.2 Å². The number of benzene rings is 2. The Morgan fingerprint density at radius 1 is 1.07 bits per heavy atom. The van der Waals surface area contributed by atoms with E-state index in [1.54, 1.807) is 29.2 Å². The van der Waals surface area contributed by atoms with Gasteiger partial charge in [-0.2, -0.15) is 0 Å². The molecule has 3 rings (SSSR count). The predicted octanol–water partition coefficient (Wildman–Crippen LogP) is 0.389. The zero-order chi connectivity index (χ0) is 20.9. The second-order valence-corrected chi connectivity index (χ2v) is 9.28. The van der Waals surface area contributed by atoms with Crippen molar-refractivity contribution in [1.29, 1.82) is 0 Å². The first-order valence-corrected chi connectivity index (χ1v) is 11.5. The number of hydrogen-bond donors (Lipinski definition) is 1. The minimum Gasteiger partial charge on any atom is -0.489 e. The molecule has 0 spiro atoms. The Labute approximate surface area is 172 Å². The molecule has 0 atom stereocenters. The van der Waals surface area contributed by atoms with Gasteiger partial charge in [0.1, 0.15) is 18.9 Å². The maximum absolute atomic E-state index is 12.6. The number of quaternary nitrogens is 1. The first-order chi connectivity index (χ1) is 13.8. The summed E-state index contributed by atoms with van der Waals surface area (Å²) in [5, 5.41) is 0. The Hall–Kier alpha value is -2.58. The fraction of sp³-hybridized carbons (Fsp3) is 0.381. The van der Waals surface area contributed by atoms with E-state index >= 15 is 0 Å². The van der Waals surface area contributed by atoms with E-state index in [-0.39, 0.29) is 12.5 Å². The SMILES string of the molecule is C[NH+]1CCN(C(=O)CN(c2ccc(OCc3ccccc3)cc2)S(C)(=O)=O)CC1. The van der Waals surface area contributed by atoms with Crippen LogP contribution in [0.1, 0.15) is 5.56 Å². The molecule has 1 amide bonds. The molecule has 156 valence electrons. The minimum atomic E-state index is -3.59. The van der Waals surface area contributed by atoms with E-state index in [1.165, 1.54) is 4.90 Å². The van der Waals surface area contributed by atoms with E-state index in [9.17, 15) is 13.2 Å². The highest BCUT2D eigenvalue weighted by molar-refractivity contribution is 7.92. The third kappa shape index (κ3) is 5.95. The highest BCUT2D eigenvalue weighted by atomic mass is 32.2. The summed E-state index contributed by atoms with van der Waals surface area (Å²) in [6.07, 6.45) is 1.12. The summed E-state index contributed by atoms with van der Waals surface area (Å²) in [7, 11) is -1.50. The monoisotopic (exact) mass is 418 g/mol. The summed E-state index contributed by atoms with van der Waals surface area (Å²) in [6.45, 7) is 3.28. The van der Waals surface area contributed by atoms with Crippen molar-refractivity contribution in [2.75, 3.05) is 50.3 Å². The lowest BCUT2D eigenvalue weighted by Crippen LogP contribution is -3.12. The molecule has 1 saturated heterocycles. The molecule has 1 aliphatic rings. The molecule has 1 aliphatic heterocycles. The number of likely N-dealkylation sites (N-methyl/N-ethyl adjacent to an activating group) is 1. The number of hydrogen-bond acceptors (Lipinski definition) is 4. The molecule has 1 heterocycles. The molecule has 8 heteroatoms. The van der Waals surface area contributed by atoms with Crippen LogP contribution >= 0.6 is 0 Å². The van der Waals surface area contributed by atoms with Gasteiger partial charge in [-0.05, 0) is 29.8 Å². The average Bonchev–Trinajstić information content (AvgIpc) is 2.71. The van der Waals surface area contributed by atoms with E-state index in [0.29, 0.717) is 31.1 Å². The third-order valence-corrected chi connectivity index (χ3v) is 6.16. The molecule has 7 nitrogen and oxygen atoms in total. The van der Waals surface area contributed by atoms with Crippen LogP contribution in [0.2, 0.25) is 0 Å². The molecule has 0 bridgehead atoms. The quantitative estimate of drug-likeness (QED) is 0.706. The van der Waals surface area contributed by atoms with Crippen LogP contribution in [0.5, 0.6) is 5.75 Å². The van der Waals surface area contributed by atoms with Crippen LogP contribution in [0.25, 0.3) is 0 Å². The van der Waals surface area contributed by atoms with Crippen LogP contribution in [0.15, 0.2) is 54.6 Å². The number of piperazine rings is 1. The summed E-state index contributed by atoms with van der Waals surface area (Å²) in [4.78, 5) is 15.8. The van der Waals surface area contributed by atoms with Crippen molar-refractivity contribution in [3.8, 4) is 5.75 Å². The summed E-state index contributed by atoms with van der Waals surface area (Å²) in [6, 6.07) is 16.6. The molecule has 0 aliphatic carbocycles. The number of nitrogens with zero attached hydrogens (tertiary/aromatic N) is 2. The molecule has 1 fully saturated rings. The van der Waals surface area contributed by atoms with Crippen molar-refractivity contribution in [3.63, 3.8) is 0 Å². The number of rotatable bonds is 7. The number of carbonyl (C=O) groups is 1. The van der Waals surface area contributed by atoms with Gasteiger partial charge in [-0.3, -0.25) is 9.10 Å². The van der Waals surface area contributed by atoms with Crippen molar-refractivity contribution in [2.24, 2.45) is 0 Å². The Morgan fingerprint density at radius 2 is 1.69 bits per heavy atom. The maximum Gasteiger partial charge on any atom is 0.243 e. The van der Waals surface area contributed by atoms with Gasteiger partial charge >= 0.3 is 0 Å². The standard InChI is InChI=1S/C21H27N3O4S/c1-22-12-14-23(15-13-22)21(25)16-24(29(2,26)27)19-8-10-20(11-9-19)28-17-18-6-4-3-5-7-18/h3-11H,12-17H2,1-2H3/p+1. The van der Waals surface area contributed by atoms with E-state index in [0.717, 1.165) is 29.2 Å². The van der Waals surface area contributed by atoms with Gasteiger partial charge in [0.25, 0.3) is 0 Å². The van der Waals surface area contributed by atoms with Crippen molar-refractivity contribution < 1.29 is 22.8 Å². The summed E-state index contributed by atoms with van der Waals surface area (Å²) in [5.74, 6) is 0.465. The second kappa shape index (κ2) is 9.28. The van der Waals surface area contributed by atoms with Crippen LogP contribution in [-0.4, -0.2) is 65.3 Å². The number of nitrogens with one attached hydrogen (secondary N) is 1. The Bertz CT molecular complexity index is 909. The molecular formula is C21H28N3O4S+. The highest BCUT2D eigenvalue weighted by Crippen LogP contribution is 2.22. The summed E-state index contributed by atoms with van der Waals surface area (Å²) >= 11 is 0. The fourth-order valence-electron chi connectivity index (χ4n) is 3.21. The average molecular weight is 419 g/mol. The van der Waals surface area contributed by atoms with Gasteiger partial charge in [0.15, 0.2) is 0 Å². The van der Waals surface area contributed by atoms with Crippen molar-refractivity contribution in [1.82, 2.24) is 4.90 Å². The largest absolute Gasteiger partial charge is 0.489 e. The number of amides is 1.